The van der Waals surface area contributed by atoms with Crippen LogP contribution in [0.2, 0.25) is 10.0 Å². The van der Waals surface area contributed by atoms with Gasteiger partial charge in [-0.3, -0.25) is 0 Å². The molecule has 0 fully saturated rings. The van der Waals surface area contributed by atoms with Crippen molar-refractivity contribution in [3.8, 4) is 11.8 Å². The van der Waals surface area contributed by atoms with Crippen molar-refractivity contribution in [1.29, 1.82) is 0 Å². The Labute approximate surface area is 152 Å². The molecule has 3 aromatic rings. The van der Waals surface area contributed by atoms with Gasteiger partial charge in [-0.25, -0.2) is 0 Å². The first-order valence-electron chi connectivity index (χ1n) is 7.56. The number of anilines is 1. The van der Waals surface area contributed by atoms with E-state index in [0.717, 1.165) is 16.8 Å². The summed E-state index contributed by atoms with van der Waals surface area (Å²) in [5.74, 6) is 6.44. The first-order chi connectivity index (χ1) is 11.7. The predicted octanol–water partition coefficient (Wildman–Crippen LogP) is 6.20. The van der Waals surface area contributed by atoms with Crippen molar-refractivity contribution >= 4 is 28.9 Å². The highest BCUT2D eigenvalue weighted by Gasteiger charge is 2.16. The fraction of sp³-hybridized carbons (Fsp3) is 0.0476. The molecule has 0 bridgehead atoms. The summed E-state index contributed by atoms with van der Waals surface area (Å²) in [6.45, 7) is 0. The van der Waals surface area contributed by atoms with Gasteiger partial charge in [-0.1, -0.05) is 77.5 Å². The topological polar surface area (TPSA) is 12.0 Å². The summed E-state index contributed by atoms with van der Waals surface area (Å²) in [4.78, 5) is 0. The maximum absolute atomic E-state index is 6.38. The molecule has 0 aliphatic heterocycles. The molecule has 0 aromatic heterocycles. The molecule has 1 atom stereocenters. The molecule has 0 saturated heterocycles. The molecule has 0 unspecified atom stereocenters. The lowest BCUT2D eigenvalue weighted by molar-refractivity contribution is 1.02. The van der Waals surface area contributed by atoms with E-state index in [1.54, 1.807) is 0 Å². The van der Waals surface area contributed by atoms with Crippen LogP contribution < -0.4 is 5.32 Å². The lowest BCUT2D eigenvalue weighted by atomic mass is 10.1. The molecular formula is C21H15Cl2N. The average Bonchev–Trinajstić information content (AvgIpc) is 2.61. The van der Waals surface area contributed by atoms with E-state index in [4.69, 9.17) is 23.2 Å². The van der Waals surface area contributed by atoms with E-state index < -0.39 is 0 Å². The van der Waals surface area contributed by atoms with Gasteiger partial charge in [0.2, 0.25) is 0 Å². The third-order valence-electron chi connectivity index (χ3n) is 3.51. The smallest absolute Gasteiger partial charge is 0.117 e. The van der Waals surface area contributed by atoms with Crippen molar-refractivity contribution in [1.82, 2.24) is 0 Å². The van der Waals surface area contributed by atoms with Crippen LogP contribution in [-0.4, -0.2) is 0 Å². The van der Waals surface area contributed by atoms with E-state index in [9.17, 15) is 0 Å². The van der Waals surface area contributed by atoms with Crippen molar-refractivity contribution < 1.29 is 0 Å². The predicted molar refractivity (Wildman–Crippen MR) is 103 cm³/mol. The fourth-order valence-electron chi connectivity index (χ4n) is 2.34. The molecule has 0 aliphatic carbocycles. The Hall–Kier alpha value is -2.40. The minimum Gasteiger partial charge on any atom is -0.368 e. The second kappa shape index (κ2) is 7.93. The van der Waals surface area contributed by atoms with Gasteiger partial charge in [0, 0.05) is 26.9 Å². The Bertz CT molecular complexity index is 844. The molecule has 24 heavy (non-hydrogen) atoms. The number of hydrogen-bond acceptors (Lipinski definition) is 1. The summed E-state index contributed by atoms with van der Waals surface area (Å²) < 4.78 is 0. The molecule has 0 heterocycles. The van der Waals surface area contributed by atoms with Crippen molar-refractivity contribution in [2.24, 2.45) is 0 Å². The highest BCUT2D eigenvalue weighted by atomic mass is 35.5. The van der Waals surface area contributed by atoms with Crippen molar-refractivity contribution in [3.63, 3.8) is 0 Å². The largest absolute Gasteiger partial charge is 0.368 e. The highest BCUT2D eigenvalue weighted by molar-refractivity contribution is 6.36. The number of halogens is 2. The van der Waals surface area contributed by atoms with E-state index in [1.165, 1.54) is 0 Å². The Kier molecular flexibility index (Phi) is 5.43. The normalized spacial score (nSPS) is 11.2. The van der Waals surface area contributed by atoms with Crippen LogP contribution in [0.5, 0.6) is 0 Å². The molecule has 0 aliphatic rings. The van der Waals surface area contributed by atoms with E-state index in [-0.39, 0.29) is 6.04 Å². The summed E-state index contributed by atoms with van der Waals surface area (Å²) in [7, 11) is 0. The zero-order valence-corrected chi connectivity index (χ0v) is 14.4. The second-order valence-corrected chi connectivity index (χ2v) is 6.03. The van der Waals surface area contributed by atoms with Gasteiger partial charge in [-0.15, -0.1) is 0 Å². The number of nitrogens with one attached hydrogen (secondary N) is 1. The van der Waals surface area contributed by atoms with Crippen LogP contribution in [0, 0.1) is 11.8 Å². The molecule has 1 nitrogen and oxygen atoms in total. The first kappa shape index (κ1) is 16.5. The summed E-state index contributed by atoms with van der Waals surface area (Å²) in [5, 5.41) is 4.60. The molecule has 118 valence electrons. The second-order valence-electron chi connectivity index (χ2n) is 5.21. The number of rotatable bonds is 3. The molecule has 3 aromatic carbocycles. The van der Waals surface area contributed by atoms with Crippen molar-refractivity contribution in [3.05, 3.63) is 100 Å². The third kappa shape index (κ3) is 4.11. The number of para-hydroxylation sites is 1. The van der Waals surface area contributed by atoms with Gasteiger partial charge in [0.05, 0.1) is 0 Å². The van der Waals surface area contributed by atoms with Gasteiger partial charge in [-0.05, 0) is 36.4 Å². The van der Waals surface area contributed by atoms with Crippen LogP contribution in [0.1, 0.15) is 17.2 Å². The van der Waals surface area contributed by atoms with E-state index in [1.807, 2.05) is 78.9 Å². The van der Waals surface area contributed by atoms with E-state index in [0.29, 0.717) is 10.0 Å². The quantitative estimate of drug-likeness (QED) is 0.554. The lowest BCUT2D eigenvalue weighted by Gasteiger charge is -2.17. The number of hydrogen-bond donors (Lipinski definition) is 1. The first-order valence-corrected chi connectivity index (χ1v) is 8.32. The maximum Gasteiger partial charge on any atom is 0.117 e. The summed E-state index contributed by atoms with van der Waals surface area (Å²) >= 11 is 12.8. The Morgan fingerprint density at radius 3 is 1.92 bits per heavy atom. The van der Waals surface area contributed by atoms with Crippen LogP contribution in [0.15, 0.2) is 78.9 Å². The van der Waals surface area contributed by atoms with Gasteiger partial charge in [0.1, 0.15) is 6.04 Å². The molecule has 3 heteroatoms. The molecule has 0 amide bonds. The van der Waals surface area contributed by atoms with Gasteiger partial charge in [-0.2, -0.15) is 0 Å². The molecule has 0 spiro atoms. The number of benzene rings is 3. The standard InChI is InChI=1S/C21H15Cl2N/c22-18-12-7-13-19(23)21(18)20(24-17-10-5-2-6-11-17)15-14-16-8-3-1-4-9-16/h1-13,20,24H/t20-/m0/s1. The van der Waals surface area contributed by atoms with Crippen LogP contribution in [0.25, 0.3) is 0 Å². The molecule has 1 N–H and O–H groups in total. The summed E-state index contributed by atoms with van der Waals surface area (Å²) in [6.07, 6.45) is 0. The summed E-state index contributed by atoms with van der Waals surface area (Å²) in [6, 6.07) is 24.9. The van der Waals surface area contributed by atoms with Crippen LogP contribution in [0.4, 0.5) is 5.69 Å². The van der Waals surface area contributed by atoms with E-state index in [2.05, 4.69) is 17.2 Å². The van der Waals surface area contributed by atoms with Gasteiger partial charge >= 0.3 is 0 Å². The Morgan fingerprint density at radius 1 is 0.708 bits per heavy atom. The minimum absolute atomic E-state index is 0.311. The van der Waals surface area contributed by atoms with Gasteiger partial charge < -0.3 is 5.32 Å². The van der Waals surface area contributed by atoms with Crippen molar-refractivity contribution in [2.45, 2.75) is 6.04 Å². The molecule has 0 radical (unpaired) electrons. The SMILES string of the molecule is Clc1cccc(Cl)c1[C@H](C#Cc1ccccc1)Nc1ccccc1. The summed E-state index contributed by atoms with van der Waals surface area (Å²) in [5.41, 5.74) is 2.69. The zero-order chi connectivity index (χ0) is 16.8. The van der Waals surface area contributed by atoms with Gasteiger partial charge in [0.25, 0.3) is 0 Å². The van der Waals surface area contributed by atoms with Gasteiger partial charge in [0.15, 0.2) is 0 Å². The molecular weight excluding hydrogens is 337 g/mol. The zero-order valence-electron chi connectivity index (χ0n) is 12.8. The minimum atomic E-state index is -0.311. The highest BCUT2D eigenvalue weighted by Crippen LogP contribution is 2.32. The Morgan fingerprint density at radius 2 is 1.29 bits per heavy atom. The van der Waals surface area contributed by atoms with Crippen molar-refractivity contribution in [2.75, 3.05) is 5.32 Å². The Balaban J connectivity index is 2.00. The maximum atomic E-state index is 6.38. The van der Waals surface area contributed by atoms with Crippen LogP contribution >= 0.6 is 23.2 Å². The van der Waals surface area contributed by atoms with Crippen LogP contribution in [-0.2, 0) is 0 Å². The monoisotopic (exact) mass is 351 g/mol. The molecule has 3 rings (SSSR count). The average molecular weight is 352 g/mol. The van der Waals surface area contributed by atoms with E-state index >= 15 is 0 Å². The fourth-order valence-corrected chi connectivity index (χ4v) is 2.96. The lowest BCUT2D eigenvalue weighted by Crippen LogP contribution is -2.10. The molecule has 0 saturated carbocycles. The van der Waals surface area contributed by atoms with Crippen LogP contribution in [0.3, 0.4) is 0 Å². The third-order valence-corrected chi connectivity index (χ3v) is 4.17.